The number of urea groups is 1. The predicted molar refractivity (Wildman–Crippen MR) is 133 cm³/mol. The molecule has 0 aliphatic heterocycles. The molecule has 2 aromatic carbocycles. The highest BCUT2D eigenvalue weighted by Gasteiger charge is 2.27. The fourth-order valence-corrected chi connectivity index (χ4v) is 4.63. The third-order valence-corrected chi connectivity index (χ3v) is 6.96. The summed E-state index contributed by atoms with van der Waals surface area (Å²) >= 11 is 5.97. The van der Waals surface area contributed by atoms with Crippen molar-refractivity contribution in [3.05, 3.63) is 70.2 Å². The first kappa shape index (κ1) is 26.0. The molecule has 5 N–H and O–H groups in total. The summed E-state index contributed by atoms with van der Waals surface area (Å²) in [6, 6.07) is 12.9. The second-order valence-corrected chi connectivity index (χ2v) is 10.6. The summed E-state index contributed by atoms with van der Waals surface area (Å²) in [6.07, 6.45) is 0.0561. The molecule has 0 bridgehead atoms. The highest BCUT2D eigenvalue weighted by atomic mass is 32.2. The van der Waals surface area contributed by atoms with Gasteiger partial charge in [0.25, 0.3) is 10.0 Å². The molecule has 0 radical (unpaired) electrons. The number of hydrogen-bond acceptors (Lipinski definition) is 8. The monoisotopic (exact) mass is 534 g/mol. The first-order valence-corrected chi connectivity index (χ1v) is 12.9. The van der Waals surface area contributed by atoms with E-state index >= 15 is 0 Å². The molecule has 0 spiro atoms. The molecule has 1 heterocycles. The maximum Gasteiger partial charge on any atom is 0.329 e. The normalized spacial score (nSPS) is 12.7. The Labute approximate surface area is 210 Å². The van der Waals surface area contributed by atoms with Crippen LogP contribution in [0.4, 0.5) is 9.93 Å². The van der Waals surface area contributed by atoms with Crippen molar-refractivity contribution < 1.29 is 22.8 Å². The Morgan fingerprint density at radius 1 is 1.00 bits per heavy atom. The summed E-state index contributed by atoms with van der Waals surface area (Å²) in [5, 5.41) is 14.0. The Hall–Kier alpha value is -3.62. The molecule has 11 nitrogen and oxygen atoms in total. The first-order valence-electron chi connectivity index (χ1n) is 10.2. The maximum absolute atomic E-state index is 13.0. The summed E-state index contributed by atoms with van der Waals surface area (Å²) in [4.78, 5) is 37.8. The number of aromatic nitrogens is 2. The van der Waals surface area contributed by atoms with Gasteiger partial charge in [0.05, 0.1) is 4.90 Å². The number of nitrogens with one attached hydrogen (secondary N) is 5. The SMILES string of the molecule is C[C@H](NC(=O)[C@H](Cc1ccccc1)NC(=O)NS(=O)(=O)c1ccccc1)C(=O)Nc1n[nH]c(=S)s1. The van der Waals surface area contributed by atoms with E-state index in [9.17, 15) is 22.8 Å². The zero-order valence-electron chi connectivity index (χ0n) is 18.3. The van der Waals surface area contributed by atoms with Crippen LogP contribution in [-0.4, -0.2) is 48.5 Å². The van der Waals surface area contributed by atoms with Gasteiger partial charge in [0.2, 0.25) is 16.9 Å². The summed E-state index contributed by atoms with van der Waals surface area (Å²) in [6.45, 7) is 1.46. The number of rotatable bonds is 9. The van der Waals surface area contributed by atoms with Crippen molar-refractivity contribution in [3.8, 4) is 0 Å². The van der Waals surface area contributed by atoms with Crippen molar-refractivity contribution in [1.29, 1.82) is 0 Å². The van der Waals surface area contributed by atoms with E-state index in [1.165, 1.54) is 31.2 Å². The average Bonchev–Trinajstić information content (AvgIpc) is 3.23. The van der Waals surface area contributed by atoms with E-state index in [1.54, 1.807) is 36.4 Å². The summed E-state index contributed by atoms with van der Waals surface area (Å²) in [5.41, 5.74) is 0.715. The average molecular weight is 535 g/mol. The highest BCUT2D eigenvalue weighted by molar-refractivity contribution is 7.90. The van der Waals surface area contributed by atoms with Gasteiger partial charge in [0, 0.05) is 6.42 Å². The third kappa shape index (κ3) is 7.70. The molecule has 35 heavy (non-hydrogen) atoms. The number of carbonyl (C=O) groups excluding carboxylic acids is 3. The van der Waals surface area contributed by atoms with Gasteiger partial charge < -0.3 is 10.6 Å². The van der Waals surface area contributed by atoms with Gasteiger partial charge >= 0.3 is 6.03 Å². The van der Waals surface area contributed by atoms with Crippen molar-refractivity contribution in [2.24, 2.45) is 0 Å². The number of carbonyl (C=O) groups is 3. The Kier molecular flexibility index (Phi) is 8.68. The Morgan fingerprint density at radius 2 is 1.63 bits per heavy atom. The Balaban J connectivity index is 1.69. The van der Waals surface area contributed by atoms with Gasteiger partial charge in [-0.25, -0.2) is 17.9 Å². The van der Waals surface area contributed by atoms with Crippen LogP contribution in [0, 0.1) is 3.95 Å². The lowest BCUT2D eigenvalue weighted by Gasteiger charge is -2.21. The van der Waals surface area contributed by atoms with Crippen molar-refractivity contribution in [2.75, 3.05) is 5.32 Å². The lowest BCUT2D eigenvalue weighted by molar-refractivity contribution is -0.127. The molecule has 4 amide bonds. The second-order valence-electron chi connectivity index (χ2n) is 7.27. The molecule has 0 fully saturated rings. The van der Waals surface area contributed by atoms with Gasteiger partial charge in [-0.2, -0.15) is 0 Å². The highest BCUT2D eigenvalue weighted by Crippen LogP contribution is 2.11. The third-order valence-electron chi connectivity index (χ3n) is 4.61. The first-order chi connectivity index (χ1) is 16.6. The lowest BCUT2D eigenvalue weighted by Crippen LogP contribution is -2.54. The Bertz CT molecular complexity index is 1340. The minimum Gasteiger partial charge on any atom is -0.343 e. The molecule has 1 aromatic heterocycles. The van der Waals surface area contributed by atoms with E-state index in [0.717, 1.165) is 11.3 Å². The van der Waals surface area contributed by atoms with Crippen molar-refractivity contribution in [2.45, 2.75) is 30.3 Å². The van der Waals surface area contributed by atoms with Crippen LogP contribution >= 0.6 is 23.6 Å². The molecule has 0 saturated carbocycles. The summed E-state index contributed by atoms with van der Waals surface area (Å²) in [5.74, 6) is -1.23. The van der Waals surface area contributed by atoms with Crippen molar-refractivity contribution in [1.82, 2.24) is 25.6 Å². The summed E-state index contributed by atoms with van der Waals surface area (Å²) in [7, 11) is -4.15. The van der Waals surface area contributed by atoms with E-state index in [1.807, 2.05) is 4.72 Å². The van der Waals surface area contributed by atoms with Gasteiger partial charge in [-0.3, -0.25) is 20.0 Å². The van der Waals surface area contributed by atoms with Crippen molar-refractivity contribution >= 4 is 56.6 Å². The van der Waals surface area contributed by atoms with Crippen LogP contribution in [0.2, 0.25) is 0 Å². The molecule has 0 saturated heterocycles. The molecule has 184 valence electrons. The largest absolute Gasteiger partial charge is 0.343 e. The van der Waals surface area contributed by atoms with E-state index in [0.29, 0.717) is 9.52 Å². The number of hydrogen-bond donors (Lipinski definition) is 5. The van der Waals surface area contributed by atoms with Crippen molar-refractivity contribution in [3.63, 3.8) is 0 Å². The molecule has 0 aliphatic carbocycles. The number of benzene rings is 2. The van der Waals surface area contributed by atoms with Crippen LogP contribution in [0.1, 0.15) is 12.5 Å². The number of sulfonamides is 1. The number of H-pyrrole nitrogens is 1. The van der Waals surface area contributed by atoms with Gasteiger partial charge in [0.1, 0.15) is 12.1 Å². The molecule has 2 atom stereocenters. The number of aromatic amines is 1. The van der Waals surface area contributed by atoms with Crippen LogP contribution in [-0.2, 0) is 26.0 Å². The van der Waals surface area contributed by atoms with E-state index < -0.39 is 40.0 Å². The fraction of sp³-hybridized carbons (Fsp3) is 0.190. The zero-order chi connectivity index (χ0) is 25.4. The standard InChI is InChI=1S/C21H22N6O5S3/c1-13(17(28)24-20-25-26-21(33)34-20)22-18(29)16(12-14-8-4-2-5-9-14)23-19(30)27-35(31,32)15-10-6-3-7-11-15/h2-11,13,16H,12H2,1H3,(H,22,29)(H,26,33)(H2,23,27,30)(H,24,25,28)/t13-,16-/m0/s1. The van der Waals surface area contributed by atoms with Gasteiger partial charge in [-0.05, 0) is 36.8 Å². The van der Waals surface area contributed by atoms with Crippen LogP contribution in [0.15, 0.2) is 65.6 Å². The molecular weight excluding hydrogens is 512 g/mol. The molecule has 14 heteroatoms. The second kappa shape index (κ2) is 11.7. The number of amides is 4. The van der Waals surface area contributed by atoms with Crippen LogP contribution in [0.3, 0.4) is 0 Å². The van der Waals surface area contributed by atoms with Crippen LogP contribution in [0.25, 0.3) is 0 Å². The maximum atomic E-state index is 13.0. The van der Waals surface area contributed by atoms with Crippen LogP contribution in [0.5, 0.6) is 0 Å². The Morgan fingerprint density at radius 3 is 2.23 bits per heavy atom. The predicted octanol–water partition coefficient (Wildman–Crippen LogP) is 1.94. The molecule has 3 aromatic rings. The zero-order valence-corrected chi connectivity index (χ0v) is 20.8. The molecular formula is C21H22N6O5S3. The van der Waals surface area contributed by atoms with Gasteiger partial charge in [0.15, 0.2) is 3.95 Å². The van der Waals surface area contributed by atoms with Crippen LogP contribution < -0.4 is 20.7 Å². The van der Waals surface area contributed by atoms with E-state index in [4.69, 9.17) is 12.2 Å². The minimum absolute atomic E-state index is 0.0561. The fourth-order valence-electron chi connectivity index (χ4n) is 2.90. The number of nitrogens with zero attached hydrogens (tertiary/aromatic N) is 1. The topological polar surface area (TPSA) is 162 Å². The summed E-state index contributed by atoms with van der Waals surface area (Å²) < 4.78 is 27.2. The molecule has 0 unspecified atom stereocenters. The van der Waals surface area contributed by atoms with E-state index in [2.05, 4.69) is 26.1 Å². The van der Waals surface area contributed by atoms with Gasteiger partial charge in [-0.15, -0.1) is 5.10 Å². The van der Waals surface area contributed by atoms with E-state index in [-0.39, 0.29) is 16.4 Å². The van der Waals surface area contributed by atoms with Gasteiger partial charge in [-0.1, -0.05) is 59.9 Å². The number of anilines is 1. The smallest absolute Gasteiger partial charge is 0.329 e. The minimum atomic E-state index is -4.15. The molecule has 3 rings (SSSR count). The molecule has 0 aliphatic rings. The quantitative estimate of drug-likeness (QED) is 0.262. The lowest BCUT2D eigenvalue weighted by atomic mass is 10.1.